The van der Waals surface area contributed by atoms with Crippen LogP contribution >= 0.6 is 0 Å². The fourth-order valence-electron chi connectivity index (χ4n) is 2.55. The minimum absolute atomic E-state index is 0.210. The first-order valence-electron chi connectivity index (χ1n) is 8.20. The molecule has 2 N–H and O–H groups in total. The first kappa shape index (κ1) is 16.8. The van der Waals surface area contributed by atoms with Gasteiger partial charge in [-0.15, -0.1) is 10.2 Å². The zero-order chi connectivity index (χ0) is 18.6. The molecule has 0 saturated heterocycles. The molecular weight excluding hydrogens is 351 g/mol. The number of nitrogens with zero attached hydrogens (tertiary/aromatic N) is 2. The first-order chi connectivity index (χ1) is 13.2. The molecule has 4 rings (SSSR count). The van der Waals surface area contributed by atoms with Crippen LogP contribution in [0.1, 0.15) is 15.9 Å². The summed E-state index contributed by atoms with van der Waals surface area (Å²) >= 11 is 0. The Morgan fingerprint density at radius 1 is 1.00 bits per heavy atom. The van der Waals surface area contributed by atoms with Gasteiger partial charge in [0.15, 0.2) is 17.3 Å². The molecule has 1 aliphatic heterocycles. The lowest BCUT2D eigenvalue weighted by molar-refractivity contribution is 0.102. The van der Waals surface area contributed by atoms with Crippen LogP contribution in [-0.2, 0) is 6.54 Å². The van der Waals surface area contributed by atoms with E-state index >= 15 is 0 Å². The Labute approximate surface area is 154 Å². The standard InChI is InChI=1S/C19H15FN4O3/c20-14-3-1-2-13(9-14)19(25)22-18-7-6-17(23-24-18)21-10-12-4-5-15-16(8-12)27-11-26-15/h1-9H,10-11H2,(H,21,23)(H,22,24,25). The van der Waals surface area contributed by atoms with Crippen molar-refractivity contribution in [3.05, 3.63) is 71.5 Å². The monoisotopic (exact) mass is 366 g/mol. The molecule has 1 amide bonds. The molecule has 0 saturated carbocycles. The van der Waals surface area contributed by atoms with E-state index in [-0.39, 0.29) is 18.2 Å². The SMILES string of the molecule is O=C(Nc1ccc(NCc2ccc3c(c2)OCO3)nn1)c1cccc(F)c1. The molecule has 1 aromatic heterocycles. The van der Waals surface area contributed by atoms with E-state index in [0.717, 1.165) is 23.1 Å². The summed E-state index contributed by atoms with van der Waals surface area (Å²) < 4.78 is 23.8. The van der Waals surface area contributed by atoms with E-state index in [0.29, 0.717) is 12.4 Å². The molecule has 2 aromatic carbocycles. The van der Waals surface area contributed by atoms with Gasteiger partial charge in [0.1, 0.15) is 11.6 Å². The van der Waals surface area contributed by atoms with Crippen LogP contribution in [0.5, 0.6) is 11.5 Å². The normalized spacial score (nSPS) is 11.9. The highest BCUT2D eigenvalue weighted by molar-refractivity contribution is 6.03. The predicted molar refractivity (Wildman–Crippen MR) is 96.3 cm³/mol. The first-order valence-corrected chi connectivity index (χ1v) is 8.20. The summed E-state index contributed by atoms with van der Waals surface area (Å²) in [5.74, 6) is 1.35. The number of nitrogens with one attached hydrogen (secondary N) is 2. The third-order valence-electron chi connectivity index (χ3n) is 3.90. The van der Waals surface area contributed by atoms with Gasteiger partial charge in [-0.2, -0.15) is 0 Å². The van der Waals surface area contributed by atoms with Crippen LogP contribution in [0.3, 0.4) is 0 Å². The summed E-state index contributed by atoms with van der Waals surface area (Å²) in [5.41, 5.74) is 1.21. The molecule has 0 fully saturated rings. The van der Waals surface area contributed by atoms with Gasteiger partial charge >= 0.3 is 0 Å². The Balaban J connectivity index is 1.35. The Hall–Kier alpha value is -3.68. The number of anilines is 2. The lowest BCUT2D eigenvalue weighted by Gasteiger charge is -2.07. The van der Waals surface area contributed by atoms with Crippen molar-refractivity contribution in [1.29, 1.82) is 0 Å². The van der Waals surface area contributed by atoms with Crippen LogP contribution < -0.4 is 20.1 Å². The molecule has 7 nitrogen and oxygen atoms in total. The molecule has 136 valence electrons. The number of benzene rings is 2. The molecule has 2 heterocycles. The molecule has 0 spiro atoms. The van der Waals surface area contributed by atoms with E-state index in [1.807, 2.05) is 18.2 Å². The van der Waals surface area contributed by atoms with Gasteiger partial charge in [-0.1, -0.05) is 12.1 Å². The average Bonchev–Trinajstić information content (AvgIpc) is 3.15. The van der Waals surface area contributed by atoms with E-state index in [9.17, 15) is 9.18 Å². The molecule has 27 heavy (non-hydrogen) atoms. The number of carbonyl (C=O) groups is 1. The largest absolute Gasteiger partial charge is 0.454 e. The van der Waals surface area contributed by atoms with E-state index in [2.05, 4.69) is 20.8 Å². The van der Waals surface area contributed by atoms with Crippen molar-refractivity contribution in [2.24, 2.45) is 0 Å². The number of aromatic nitrogens is 2. The number of fused-ring (bicyclic) bond motifs is 1. The summed E-state index contributed by atoms with van der Waals surface area (Å²) in [6.45, 7) is 0.765. The summed E-state index contributed by atoms with van der Waals surface area (Å²) in [4.78, 5) is 12.1. The molecular formula is C19H15FN4O3. The zero-order valence-electron chi connectivity index (χ0n) is 14.1. The van der Waals surface area contributed by atoms with Crippen molar-refractivity contribution >= 4 is 17.5 Å². The maximum atomic E-state index is 13.2. The quantitative estimate of drug-likeness (QED) is 0.721. The van der Waals surface area contributed by atoms with Crippen molar-refractivity contribution in [1.82, 2.24) is 10.2 Å². The van der Waals surface area contributed by atoms with Gasteiger partial charge in [0.05, 0.1) is 0 Å². The highest BCUT2D eigenvalue weighted by atomic mass is 19.1. The topological polar surface area (TPSA) is 85.4 Å². The van der Waals surface area contributed by atoms with Crippen LogP contribution in [0.2, 0.25) is 0 Å². The lowest BCUT2D eigenvalue weighted by Crippen LogP contribution is -2.14. The van der Waals surface area contributed by atoms with Crippen molar-refractivity contribution < 1.29 is 18.7 Å². The molecule has 0 aliphatic carbocycles. The third kappa shape index (κ3) is 3.95. The number of ether oxygens (including phenoxy) is 2. The highest BCUT2D eigenvalue weighted by Gasteiger charge is 2.13. The molecule has 0 radical (unpaired) electrons. The van der Waals surface area contributed by atoms with Crippen LogP contribution in [0.4, 0.5) is 16.0 Å². The van der Waals surface area contributed by atoms with Gasteiger partial charge in [-0.25, -0.2) is 4.39 Å². The summed E-state index contributed by atoms with van der Waals surface area (Å²) in [6, 6.07) is 14.4. The van der Waals surface area contributed by atoms with Crippen LogP contribution in [0.25, 0.3) is 0 Å². The molecule has 8 heteroatoms. The molecule has 3 aromatic rings. The summed E-state index contributed by atoms with van der Waals surface area (Å²) in [7, 11) is 0. The lowest BCUT2D eigenvalue weighted by atomic mass is 10.2. The minimum atomic E-state index is -0.475. The number of halogens is 1. The maximum Gasteiger partial charge on any atom is 0.256 e. The second kappa shape index (κ2) is 7.28. The molecule has 0 atom stereocenters. The Kier molecular flexibility index (Phi) is 4.52. The maximum absolute atomic E-state index is 13.2. The number of rotatable bonds is 5. The Bertz CT molecular complexity index is 979. The second-order valence-electron chi connectivity index (χ2n) is 5.81. The zero-order valence-corrected chi connectivity index (χ0v) is 14.1. The third-order valence-corrected chi connectivity index (χ3v) is 3.90. The smallest absolute Gasteiger partial charge is 0.256 e. The molecule has 0 bridgehead atoms. The van der Waals surface area contributed by atoms with E-state index < -0.39 is 11.7 Å². The van der Waals surface area contributed by atoms with Gasteiger partial charge in [-0.3, -0.25) is 4.79 Å². The second-order valence-corrected chi connectivity index (χ2v) is 5.81. The number of hydrogen-bond acceptors (Lipinski definition) is 6. The van der Waals surface area contributed by atoms with E-state index in [4.69, 9.17) is 9.47 Å². The van der Waals surface area contributed by atoms with Gasteiger partial charge in [-0.05, 0) is 48.0 Å². The average molecular weight is 366 g/mol. The Morgan fingerprint density at radius 3 is 2.63 bits per heavy atom. The highest BCUT2D eigenvalue weighted by Crippen LogP contribution is 2.32. The van der Waals surface area contributed by atoms with Crippen LogP contribution in [0, 0.1) is 5.82 Å². The summed E-state index contributed by atoms with van der Waals surface area (Å²) in [5, 5.41) is 13.7. The van der Waals surface area contributed by atoms with E-state index in [1.165, 1.54) is 18.2 Å². The fourth-order valence-corrected chi connectivity index (χ4v) is 2.55. The van der Waals surface area contributed by atoms with Crippen molar-refractivity contribution in [2.75, 3.05) is 17.4 Å². The van der Waals surface area contributed by atoms with Gasteiger partial charge in [0.2, 0.25) is 6.79 Å². The number of hydrogen-bond donors (Lipinski definition) is 2. The van der Waals surface area contributed by atoms with Gasteiger partial charge < -0.3 is 20.1 Å². The van der Waals surface area contributed by atoms with Crippen molar-refractivity contribution in [3.63, 3.8) is 0 Å². The van der Waals surface area contributed by atoms with E-state index in [1.54, 1.807) is 12.1 Å². The number of carbonyl (C=O) groups excluding carboxylic acids is 1. The number of amides is 1. The van der Waals surface area contributed by atoms with Gasteiger partial charge in [0.25, 0.3) is 5.91 Å². The minimum Gasteiger partial charge on any atom is -0.454 e. The van der Waals surface area contributed by atoms with Crippen LogP contribution in [-0.4, -0.2) is 22.9 Å². The van der Waals surface area contributed by atoms with Crippen molar-refractivity contribution in [3.8, 4) is 11.5 Å². The van der Waals surface area contributed by atoms with Gasteiger partial charge in [0, 0.05) is 12.1 Å². The predicted octanol–water partition coefficient (Wildman–Crippen LogP) is 3.21. The molecule has 1 aliphatic rings. The van der Waals surface area contributed by atoms with Crippen LogP contribution in [0.15, 0.2) is 54.6 Å². The van der Waals surface area contributed by atoms with Crippen molar-refractivity contribution in [2.45, 2.75) is 6.54 Å². The fraction of sp³-hybridized carbons (Fsp3) is 0.105. The molecule has 0 unspecified atom stereocenters. The Morgan fingerprint density at radius 2 is 1.81 bits per heavy atom. The summed E-state index contributed by atoms with van der Waals surface area (Å²) in [6.07, 6.45) is 0.